The van der Waals surface area contributed by atoms with Crippen LogP contribution in [0.25, 0.3) is 11.0 Å². The Morgan fingerprint density at radius 1 is 1.20 bits per heavy atom. The van der Waals surface area contributed by atoms with Gasteiger partial charge < -0.3 is 19.8 Å². The molecule has 0 atom stereocenters. The van der Waals surface area contributed by atoms with E-state index in [0.29, 0.717) is 19.8 Å². The third-order valence-electron chi connectivity index (χ3n) is 3.67. The Balaban J connectivity index is 1.96. The first-order chi connectivity index (χ1) is 9.80. The van der Waals surface area contributed by atoms with Crippen molar-refractivity contribution in [3.8, 4) is 0 Å². The maximum atomic E-state index is 5.83. The summed E-state index contributed by atoms with van der Waals surface area (Å²) < 4.78 is 11.6. The third-order valence-corrected chi connectivity index (χ3v) is 3.67. The van der Waals surface area contributed by atoms with Gasteiger partial charge in [0.15, 0.2) is 0 Å². The minimum atomic E-state index is 0.478. The molecule has 0 spiro atoms. The number of benzene rings is 1. The van der Waals surface area contributed by atoms with Gasteiger partial charge in [0.25, 0.3) is 0 Å². The summed E-state index contributed by atoms with van der Waals surface area (Å²) in [7, 11) is 0. The first kappa shape index (κ1) is 15.0. The van der Waals surface area contributed by atoms with Crippen molar-refractivity contribution in [2.75, 3.05) is 26.2 Å². The number of fused-ring (bicyclic) bond motifs is 1. The smallest absolute Gasteiger partial charge is 0.135 e. The lowest BCUT2D eigenvalue weighted by Gasteiger charge is -2.17. The number of hydrogen-bond acceptors (Lipinski definition) is 4. The van der Waals surface area contributed by atoms with E-state index in [4.69, 9.17) is 14.9 Å². The quantitative estimate of drug-likeness (QED) is 0.753. The molecule has 4 heteroatoms. The highest BCUT2D eigenvalue weighted by Gasteiger charge is 2.12. The molecule has 0 amide bonds. The van der Waals surface area contributed by atoms with Gasteiger partial charge in [0.05, 0.1) is 6.61 Å². The van der Waals surface area contributed by atoms with Crippen molar-refractivity contribution in [1.29, 1.82) is 0 Å². The Bertz CT molecular complexity index is 532. The van der Waals surface area contributed by atoms with Gasteiger partial charge in [0, 0.05) is 24.0 Å². The Hall–Kier alpha value is -1.36. The van der Waals surface area contributed by atoms with Crippen LogP contribution in [0.3, 0.4) is 0 Å². The van der Waals surface area contributed by atoms with Crippen LogP contribution in [0.2, 0.25) is 0 Å². The average molecular weight is 276 g/mol. The first-order valence-electron chi connectivity index (χ1n) is 7.29. The molecule has 0 fully saturated rings. The summed E-state index contributed by atoms with van der Waals surface area (Å²) in [6, 6.07) is 7.98. The Kier molecular flexibility index (Phi) is 5.59. The first-order valence-corrected chi connectivity index (χ1v) is 7.29. The molecule has 2 N–H and O–H groups in total. The van der Waals surface area contributed by atoms with Crippen LogP contribution in [-0.2, 0) is 17.9 Å². The van der Waals surface area contributed by atoms with E-state index >= 15 is 0 Å². The zero-order valence-corrected chi connectivity index (χ0v) is 12.4. The fourth-order valence-corrected chi connectivity index (χ4v) is 2.39. The lowest BCUT2D eigenvalue weighted by atomic mass is 10.1. The SMILES string of the molecule is CCN(CC)CCOCc1oc2ccccc2c1CN. The summed E-state index contributed by atoms with van der Waals surface area (Å²) in [6.45, 7) is 9.06. The number of nitrogens with two attached hydrogens (primary N) is 1. The highest BCUT2D eigenvalue weighted by Crippen LogP contribution is 2.25. The second-order valence-corrected chi connectivity index (χ2v) is 4.78. The number of ether oxygens (including phenoxy) is 1. The van der Waals surface area contributed by atoms with Crippen LogP contribution >= 0.6 is 0 Å². The lowest BCUT2D eigenvalue weighted by molar-refractivity contribution is 0.0847. The summed E-state index contributed by atoms with van der Waals surface area (Å²) in [5.41, 5.74) is 7.78. The predicted molar refractivity (Wildman–Crippen MR) is 81.5 cm³/mol. The summed E-state index contributed by atoms with van der Waals surface area (Å²) in [5, 5.41) is 1.09. The summed E-state index contributed by atoms with van der Waals surface area (Å²) in [4.78, 5) is 2.34. The molecule has 1 aromatic carbocycles. The highest BCUT2D eigenvalue weighted by molar-refractivity contribution is 5.82. The van der Waals surface area contributed by atoms with Gasteiger partial charge in [0.1, 0.15) is 18.0 Å². The normalized spacial score (nSPS) is 11.6. The van der Waals surface area contributed by atoms with Gasteiger partial charge in [-0.3, -0.25) is 0 Å². The van der Waals surface area contributed by atoms with E-state index in [1.54, 1.807) is 0 Å². The van der Waals surface area contributed by atoms with Gasteiger partial charge in [-0.15, -0.1) is 0 Å². The Morgan fingerprint density at radius 2 is 1.95 bits per heavy atom. The molecule has 1 heterocycles. The summed E-state index contributed by atoms with van der Waals surface area (Å²) in [6.07, 6.45) is 0. The molecule has 0 radical (unpaired) electrons. The second kappa shape index (κ2) is 7.43. The molecule has 0 aliphatic carbocycles. The van der Waals surface area contributed by atoms with Crippen LogP contribution in [0.15, 0.2) is 28.7 Å². The molecular formula is C16H24N2O2. The van der Waals surface area contributed by atoms with E-state index in [1.807, 2.05) is 24.3 Å². The van der Waals surface area contributed by atoms with Crippen LogP contribution in [0.4, 0.5) is 0 Å². The molecule has 0 saturated heterocycles. The minimum absolute atomic E-state index is 0.478. The number of furan rings is 1. The van der Waals surface area contributed by atoms with Gasteiger partial charge in [-0.1, -0.05) is 32.0 Å². The molecular weight excluding hydrogens is 252 g/mol. The molecule has 2 aromatic rings. The molecule has 0 saturated carbocycles. The maximum Gasteiger partial charge on any atom is 0.135 e. The molecule has 1 aromatic heterocycles. The third kappa shape index (κ3) is 3.39. The van der Waals surface area contributed by atoms with E-state index in [9.17, 15) is 0 Å². The van der Waals surface area contributed by atoms with Crippen LogP contribution < -0.4 is 5.73 Å². The van der Waals surface area contributed by atoms with E-state index in [1.165, 1.54) is 0 Å². The number of para-hydroxylation sites is 1. The van der Waals surface area contributed by atoms with Crippen molar-refractivity contribution in [3.63, 3.8) is 0 Å². The fourth-order valence-electron chi connectivity index (χ4n) is 2.39. The standard InChI is InChI=1S/C16H24N2O2/c1-3-18(4-2)9-10-19-12-16-14(11-17)13-7-5-6-8-15(13)20-16/h5-8H,3-4,9-12,17H2,1-2H3. The minimum Gasteiger partial charge on any atom is -0.458 e. The van der Waals surface area contributed by atoms with Gasteiger partial charge in [0.2, 0.25) is 0 Å². The molecule has 2 rings (SSSR count). The van der Waals surface area contributed by atoms with Gasteiger partial charge in [-0.2, -0.15) is 0 Å². The van der Waals surface area contributed by atoms with Crippen LogP contribution in [0.1, 0.15) is 25.2 Å². The maximum absolute atomic E-state index is 5.83. The van der Waals surface area contributed by atoms with E-state index in [2.05, 4.69) is 18.7 Å². The average Bonchev–Trinajstić information content (AvgIpc) is 2.84. The molecule has 20 heavy (non-hydrogen) atoms. The molecule has 4 nitrogen and oxygen atoms in total. The van der Waals surface area contributed by atoms with Crippen LogP contribution in [-0.4, -0.2) is 31.1 Å². The Morgan fingerprint density at radius 3 is 2.65 bits per heavy atom. The van der Waals surface area contributed by atoms with Crippen molar-refractivity contribution in [1.82, 2.24) is 4.90 Å². The predicted octanol–water partition coefficient (Wildman–Crippen LogP) is 2.75. The second-order valence-electron chi connectivity index (χ2n) is 4.78. The largest absolute Gasteiger partial charge is 0.458 e. The van der Waals surface area contributed by atoms with Crippen molar-refractivity contribution in [2.24, 2.45) is 5.73 Å². The van der Waals surface area contributed by atoms with E-state index in [-0.39, 0.29) is 0 Å². The number of nitrogens with zero attached hydrogens (tertiary/aromatic N) is 1. The fraction of sp³-hybridized carbons (Fsp3) is 0.500. The highest BCUT2D eigenvalue weighted by atomic mass is 16.5. The zero-order chi connectivity index (χ0) is 14.4. The van der Waals surface area contributed by atoms with Crippen molar-refractivity contribution in [3.05, 3.63) is 35.6 Å². The molecule has 110 valence electrons. The number of rotatable bonds is 8. The van der Waals surface area contributed by atoms with E-state index in [0.717, 1.165) is 41.9 Å². The lowest BCUT2D eigenvalue weighted by Crippen LogP contribution is -2.27. The van der Waals surface area contributed by atoms with Crippen molar-refractivity contribution < 1.29 is 9.15 Å². The van der Waals surface area contributed by atoms with Crippen molar-refractivity contribution >= 4 is 11.0 Å². The van der Waals surface area contributed by atoms with E-state index < -0.39 is 0 Å². The van der Waals surface area contributed by atoms with Gasteiger partial charge in [-0.25, -0.2) is 0 Å². The Labute approximate surface area is 120 Å². The zero-order valence-electron chi connectivity index (χ0n) is 12.4. The molecule has 0 aliphatic rings. The van der Waals surface area contributed by atoms with Gasteiger partial charge in [-0.05, 0) is 19.2 Å². The monoisotopic (exact) mass is 276 g/mol. The summed E-state index contributed by atoms with van der Waals surface area (Å²) in [5.74, 6) is 0.855. The van der Waals surface area contributed by atoms with Gasteiger partial charge >= 0.3 is 0 Å². The van der Waals surface area contributed by atoms with Crippen molar-refractivity contribution in [2.45, 2.75) is 27.0 Å². The topological polar surface area (TPSA) is 51.6 Å². The summed E-state index contributed by atoms with van der Waals surface area (Å²) >= 11 is 0. The number of hydrogen-bond donors (Lipinski definition) is 1. The molecule has 0 bridgehead atoms. The molecule has 0 unspecified atom stereocenters. The number of likely N-dealkylation sites (N-methyl/N-ethyl adjacent to an activating group) is 1. The van der Waals surface area contributed by atoms with Crippen LogP contribution in [0.5, 0.6) is 0 Å². The van der Waals surface area contributed by atoms with Crippen LogP contribution in [0, 0.1) is 0 Å². The molecule has 0 aliphatic heterocycles.